The lowest BCUT2D eigenvalue weighted by Gasteiger charge is -2.22. The quantitative estimate of drug-likeness (QED) is 0.704. The predicted molar refractivity (Wildman–Crippen MR) is 101 cm³/mol. The first kappa shape index (κ1) is 17.4. The Morgan fingerprint density at radius 3 is 2.74 bits per heavy atom. The first-order valence-corrected chi connectivity index (χ1v) is 9.10. The highest BCUT2D eigenvalue weighted by Gasteiger charge is 2.20. The van der Waals surface area contributed by atoms with Crippen LogP contribution in [0.15, 0.2) is 59.8 Å². The number of hydrogen-bond donors (Lipinski definition) is 0. The van der Waals surface area contributed by atoms with Gasteiger partial charge in [0.1, 0.15) is 5.65 Å². The molecule has 0 spiro atoms. The van der Waals surface area contributed by atoms with Crippen molar-refractivity contribution >= 4 is 11.6 Å². The van der Waals surface area contributed by atoms with Crippen LogP contribution >= 0.6 is 0 Å². The topological polar surface area (TPSA) is 70.8 Å². The number of nitrogens with zero attached hydrogens (tertiary/aromatic N) is 5. The van der Waals surface area contributed by atoms with Crippen molar-refractivity contribution in [3.05, 3.63) is 76.6 Å². The molecule has 7 nitrogen and oxygen atoms in total. The molecule has 0 aliphatic carbocycles. The molecule has 1 saturated heterocycles. The summed E-state index contributed by atoms with van der Waals surface area (Å²) in [5.41, 5.74) is 2.02. The van der Waals surface area contributed by atoms with Gasteiger partial charge in [0.15, 0.2) is 0 Å². The maximum absolute atomic E-state index is 12.6. The van der Waals surface area contributed by atoms with E-state index in [2.05, 4.69) is 14.9 Å². The second kappa shape index (κ2) is 7.67. The zero-order valence-corrected chi connectivity index (χ0v) is 15.0. The highest BCUT2D eigenvalue weighted by molar-refractivity contribution is 5.94. The van der Waals surface area contributed by atoms with Crippen molar-refractivity contribution in [1.82, 2.24) is 24.2 Å². The maximum Gasteiger partial charge on any atom is 0.258 e. The minimum Gasteiger partial charge on any atom is -0.337 e. The highest BCUT2D eigenvalue weighted by Crippen LogP contribution is 2.11. The van der Waals surface area contributed by atoms with E-state index in [1.165, 1.54) is 0 Å². The van der Waals surface area contributed by atoms with Crippen LogP contribution in [0.25, 0.3) is 5.65 Å². The SMILES string of the molecule is O=C(c1ccncc1)N1CCCN(Cc2cc(=O)n3ccccc3n2)CC1. The fraction of sp³-hybridized carbons (Fsp3) is 0.300. The average Bonchev–Trinajstić information content (AvgIpc) is 2.94. The summed E-state index contributed by atoms with van der Waals surface area (Å²) in [6.07, 6.45) is 5.90. The Morgan fingerprint density at radius 2 is 1.89 bits per heavy atom. The molecule has 7 heteroatoms. The Labute approximate surface area is 156 Å². The van der Waals surface area contributed by atoms with Crippen LogP contribution in [0.2, 0.25) is 0 Å². The van der Waals surface area contributed by atoms with Gasteiger partial charge in [0, 0.05) is 62.9 Å². The second-order valence-corrected chi connectivity index (χ2v) is 6.67. The molecule has 3 aromatic heterocycles. The lowest BCUT2D eigenvalue weighted by molar-refractivity contribution is 0.0761. The first-order valence-electron chi connectivity index (χ1n) is 9.10. The summed E-state index contributed by atoms with van der Waals surface area (Å²) in [5, 5.41) is 0. The fourth-order valence-electron chi connectivity index (χ4n) is 3.42. The van der Waals surface area contributed by atoms with E-state index in [1.807, 2.05) is 23.1 Å². The fourth-order valence-corrected chi connectivity index (χ4v) is 3.42. The van der Waals surface area contributed by atoms with Crippen molar-refractivity contribution in [2.24, 2.45) is 0 Å². The van der Waals surface area contributed by atoms with Gasteiger partial charge in [0.05, 0.1) is 5.69 Å². The molecule has 1 aliphatic rings. The molecule has 27 heavy (non-hydrogen) atoms. The van der Waals surface area contributed by atoms with Crippen LogP contribution in [0.5, 0.6) is 0 Å². The second-order valence-electron chi connectivity index (χ2n) is 6.67. The van der Waals surface area contributed by atoms with Crippen LogP contribution in [0, 0.1) is 0 Å². The number of hydrogen-bond acceptors (Lipinski definition) is 5. The van der Waals surface area contributed by atoms with Gasteiger partial charge in [-0.25, -0.2) is 4.98 Å². The van der Waals surface area contributed by atoms with Gasteiger partial charge in [0.25, 0.3) is 11.5 Å². The summed E-state index contributed by atoms with van der Waals surface area (Å²) in [5.74, 6) is 0.0429. The lowest BCUT2D eigenvalue weighted by atomic mass is 10.2. The molecule has 0 N–H and O–H groups in total. The minimum atomic E-state index is -0.0695. The molecular weight excluding hydrogens is 342 g/mol. The van der Waals surface area contributed by atoms with Crippen LogP contribution in [0.3, 0.4) is 0 Å². The summed E-state index contributed by atoms with van der Waals surface area (Å²) in [6, 6.07) is 10.6. The molecule has 0 unspecified atom stereocenters. The molecule has 1 fully saturated rings. The number of fused-ring (bicyclic) bond motifs is 1. The number of pyridine rings is 2. The van der Waals surface area contributed by atoms with E-state index in [9.17, 15) is 9.59 Å². The predicted octanol–water partition coefficient (Wildman–Crippen LogP) is 1.44. The van der Waals surface area contributed by atoms with Crippen molar-refractivity contribution in [3.63, 3.8) is 0 Å². The van der Waals surface area contributed by atoms with E-state index in [0.29, 0.717) is 24.3 Å². The number of carbonyl (C=O) groups excluding carboxylic acids is 1. The van der Waals surface area contributed by atoms with E-state index in [-0.39, 0.29) is 11.5 Å². The first-order chi connectivity index (χ1) is 13.2. The van der Waals surface area contributed by atoms with Gasteiger partial charge < -0.3 is 4.90 Å². The van der Waals surface area contributed by atoms with Crippen LogP contribution < -0.4 is 5.56 Å². The largest absolute Gasteiger partial charge is 0.337 e. The summed E-state index contributed by atoms with van der Waals surface area (Å²) < 4.78 is 1.54. The van der Waals surface area contributed by atoms with Crippen LogP contribution in [-0.4, -0.2) is 56.3 Å². The molecule has 4 rings (SSSR count). The average molecular weight is 363 g/mol. The standard InChI is InChI=1S/C20H21N5O2/c26-19-14-17(22-18-4-1-2-11-25(18)19)15-23-9-3-10-24(13-12-23)20(27)16-5-7-21-8-6-16/h1-2,4-8,11,14H,3,9-10,12-13,15H2. The van der Waals surface area contributed by atoms with Crippen LogP contribution in [0.4, 0.5) is 0 Å². The number of rotatable bonds is 3. The van der Waals surface area contributed by atoms with Crippen molar-refractivity contribution < 1.29 is 4.79 Å². The van der Waals surface area contributed by atoms with Gasteiger partial charge in [-0.2, -0.15) is 0 Å². The van der Waals surface area contributed by atoms with Crippen LogP contribution in [0.1, 0.15) is 22.5 Å². The molecule has 4 heterocycles. The normalized spacial score (nSPS) is 15.6. The molecule has 0 bridgehead atoms. The van der Waals surface area contributed by atoms with Crippen molar-refractivity contribution in [2.45, 2.75) is 13.0 Å². The van der Waals surface area contributed by atoms with Crippen molar-refractivity contribution in [2.75, 3.05) is 26.2 Å². The Balaban J connectivity index is 1.44. The number of amides is 1. The summed E-state index contributed by atoms with van der Waals surface area (Å²) in [6.45, 7) is 3.62. The van der Waals surface area contributed by atoms with Gasteiger partial charge in [0.2, 0.25) is 0 Å². The molecule has 1 amide bonds. The summed E-state index contributed by atoms with van der Waals surface area (Å²) in [4.78, 5) is 37.6. The Morgan fingerprint density at radius 1 is 1.04 bits per heavy atom. The Kier molecular flexibility index (Phi) is 4.93. The number of aromatic nitrogens is 3. The zero-order chi connectivity index (χ0) is 18.6. The summed E-state index contributed by atoms with van der Waals surface area (Å²) in [7, 11) is 0. The molecule has 0 saturated carbocycles. The van der Waals surface area contributed by atoms with Gasteiger partial charge in [-0.3, -0.25) is 23.9 Å². The highest BCUT2D eigenvalue weighted by atomic mass is 16.2. The zero-order valence-electron chi connectivity index (χ0n) is 15.0. The van der Waals surface area contributed by atoms with E-state index >= 15 is 0 Å². The van der Waals surface area contributed by atoms with E-state index in [0.717, 1.165) is 31.7 Å². The minimum absolute atomic E-state index is 0.0429. The number of carbonyl (C=O) groups is 1. The Bertz CT molecular complexity index is 1000. The molecular formula is C20H21N5O2. The summed E-state index contributed by atoms with van der Waals surface area (Å²) >= 11 is 0. The monoisotopic (exact) mass is 363 g/mol. The molecule has 0 aromatic carbocycles. The smallest absolute Gasteiger partial charge is 0.258 e. The molecule has 1 aliphatic heterocycles. The third kappa shape index (κ3) is 3.88. The third-order valence-corrected chi connectivity index (χ3v) is 4.81. The third-order valence-electron chi connectivity index (χ3n) is 4.81. The van der Waals surface area contributed by atoms with Crippen molar-refractivity contribution in [1.29, 1.82) is 0 Å². The van der Waals surface area contributed by atoms with Gasteiger partial charge in [-0.15, -0.1) is 0 Å². The molecule has 3 aromatic rings. The van der Waals surface area contributed by atoms with E-state index in [4.69, 9.17) is 0 Å². The van der Waals surface area contributed by atoms with Gasteiger partial charge >= 0.3 is 0 Å². The molecule has 0 atom stereocenters. The van der Waals surface area contributed by atoms with Gasteiger partial charge in [-0.1, -0.05) is 6.07 Å². The van der Waals surface area contributed by atoms with Crippen molar-refractivity contribution in [3.8, 4) is 0 Å². The maximum atomic E-state index is 12.6. The molecule has 138 valence electrons. The van der Waals surface area contributed by atoms with E-state index < -0.39 is 0 Å². The van der Waals surface area contributed by atoms with Crippen LogP contribution in [-0.2, 0) is 6.54 Å². The lowest BCUT2D eigenvalue weighted by Crippen LogP contribution is -2.35. The van der Waals surface area contributed by atoms with E-state index in [1.54, 1.807) is 41.2 Å². The molecule has 0 radical (unpaired) electrons. The Hall–Kier alpha value is -3.06. The van der Waals surface area contributed by atoms with Gasteiger partial charge in [-0.05, 0) is 30.7 Å².